The third-order valence-corrected chi connectivity index (χ3v) is 2.91. The van der Waals surface area contributed by atoms with Crippen molar-refractivity contribution in [3.8, 4) is 11.3 Å². The van der Waals surface area contributed by atoms with E-state index in [1.807, 2.05) is 0 Å². The second kappa shape index (κ2) is 5.48. The Morgan fingerprint density at radius 2 is 1.90 bits per heavy atom. The Morgan fingerprint density at radius 1 is 1.25 bits per heavy atom. The summed E-state index contributed by atoms with van der Waals surface area (Å²) in [5.74, 6) is -0.905. The molecular formula is C14H12N2O4. The smallest absolute Gasteiger partial charge is 0.307 e. The minimum atomic E-state index is -0.905. The van der Waals surface area contributed by atoms with Gasteiger partial charge < -0.3 is 5.11 Å². The number of carboxylic acid groups (broad SMARTS) is 1. The number of nitro benzene ring substituents is 1. The Bertz CT molecular complexity index is 665. The van der Waals surface area contributed by atoms with Gasteiger partial charge in [-0.25, -0.2) is 0 Å². The van der Waals surface area contributed by atoms with E-state index in [-0.39, 0.29) is 12.1 Å². The summed E-state index contributed by atoms with van der Waals surface area (Å²) in [7, 11) is 0. The number of non-ortho nitro benzene ring substituents is 1. The van der Waals surface area contributed by atoms with Crippen LogP contribution >= 0.6 is 0 Å². The van der Waals surface area contributed by atoms with E-state index in [4.69, 9.17) is 5.11 Å². The summed E-state index contributed by atoms with van der Waals surface area (Å²) in [4.78, 5) is 25.1. The van der Waals surface area contributed by atoms with Crippen molar-refractivity contribution in [2.75, 3.05) is 0 Å². The molecule has 1 heterocycles. The van der Waals surface area contributed by atoms with Crippen LogP contribution in [0.2, 0.25) is 0 Å². The van der Waals surface area contributed by atoms with Crippen LogP contribution in [0.1, 0.15) is 11.3 Å². The molecule has 1 aromatic heterocycles. The summed E-state index contributed by atoms with van der Waals surface area (Å²) < 4.78 is 0. The van der Waals surface area contributed by atoms with Crippen LogP contribution < -0.4 is 0 Å². The van der Waals surface area contributed by atoms with Crippen LogP contribution in [0.25, 0.3) is 11.3 Å². The van der Waals surface area contributed by atoms with Gasteiger partial charge in [0.25, 0.3) is 5.69 Å². The molecule has 1 N–H and O–H groups in total. The predicted octanol–water partition coefficient (Wildman–Crippen LogP) is 2.59. The molecule has 0 radical (unpaired) electrons. The first-order chi connectivity index (χ1) is 9.47. The van der Waals surface area contributed by atoms with E-state index in [1.54, 1.807) is 31.2 Å². The van der Waals surface area contributed by atoms with Crippen molar-refractivity contribution in [1.82, 2.24) is 4.98 Å². The number of aryl methyl sites for hydroxylation is 1. The van der Waals surface area contributed by atoms with Crippen molar-refractivity contribution >= 4 is 11.7 Å². The number of rotatable bonds is 4. The van der Waals surface area contributed by atoms with Crippen molar-refractivity contribution in [1.29, 1.82) is 0 Å². The number of benzene rings is 1. The summed E-state index contributed by atoms with van der Waals surface area (Å²) in [5, 5.41) is 19.4. The molecule has 6 nitrogen and oxygen atoms in total. The van der Waals surface area contributed by atoms with Crippen LogP contribution in [0.5, 0.6) is 0 Å². The lowest BCUT2D eigenvalue weighted by atomic mass is 10.1. The summed E-state index contributed by atoms with van der Waals surface area (Å²) in [5.41, 5.74) is 2.73. The zero-order valence-electron chi connectivity index (χ0n) is 10.7. The number of aliphatic carboxylic acids is 1. The summed E-state index contributed by atoms with van der Waals surface area (Å²) in [6.07, 6.45) is -0.0701. The van der Waals surface area contributed by atoms with Crippen LogP contribution in [-0.2, 0) is 11.2 Å². The van der Waals surface area contributed by atoms with Gasteiger partial charge in [-0.1, -0.05) is 6.07 Å². The molecular weight excluding hydrogens is 260 g/mol. The molecule has 0 amide bonds. The summed E-state index contributed by atoms with van der Waals surface area (Å²) in [6, 6.07) is 9.50. The van der Waals surface area contributed by atoms with Gasteiger partial charge >= 0.3 is 5.97 Å². The van der Waals surface area contributed by atoms with Crippen LogP contribution in [-0.4, -0.2) is 21.0 Å². The van der Waals surface area contributed by atoms with Gasteiger partial charge in [0.15, 0.2) is 0 Å². The van der Waals surface area contributed by atoms with Gasteiger partial charge in [-0.3, -0.25) is 19.9 Å². The summed E-state index contributed by atoms with van der Waals surface area (Å²) in [6.45, 7) is 1.74. The van der Waals surface area contributed by atoms with Gasteiger partial charge in [0, 0.05) is 23.4 Å². The predicted molar refractivity (Wildman–Crippen MR) is 72.4 cm³/mol. The monoisotopic (exact) mass is 272 g/mol. The number of hydrogen-bond donors (Lipinski definition) is 1. The molecule has 0 aliphatic heterocycles. The molecule has 2 rings (SSSR count). The largest absolute Gasteiger partial charge is 0.481 e. The van der Waals surface area contributed by atoms with Crippen molar-refractivity contribution in [2.45, 2.75) is 13.3 Å². The molecule has 20 heavy (non-hydrogen) atoms. The number of nitro groups is 1. The molecule has 0 aliphatic rings. The molecule has 6 heteroatoms. The van der Waals surface area contributed by atoms with Crippen molar-refractivity contribution < 1.29 is 14.8 Å². The highest BCUT2D eigenvalue weighted by molar-refractivity contribution is 5.71. The fraction of sp³-hybridized carbons (Fsp3) is 0.143. The Kier molecular flexibility index (Phi) is 3.74. The maximum absolute atomic E-state index is 10.7. The van der Waals surface area contributed by atoms with Gasteiger partial charge in [0.05, 0.1) is 17.0 Å². The van der Waals surface area contributed by atoms with E-state index in [9.17, 15) is 14.9 Å². The zero-order chi connectivity index (χ0) is 14.7. The standard InChI is InChI=1S/C14H12N2O4/c1-9-11(8-14(17)18)4-7-13(15-9)10-2-5-12(6-3-10)16(19)20/h2-7H,8H2,1H3,(H,17,18). The van der Waals surface area contributed by atoms with E-state index in [2.05, 4.69) is 4.98 Å². The second-order valence-corrected chi connectivity index (χ2v) is 4.32. The number of hydrogen-bond acceptors (Lipinski definition) is 4. The van der Waals surface area contributed by atoms with E-state index < -0.39 is 10.9 Å². The quantitative estimate of drug-likeness (QED) is 0.682. The Hall–Kier alpha value is -2.76. The van der Waals surface area contributed by atoms with Crippen LogP contribution in [0, 0.1) is 17.0 Å². The molecule has 0 aliphatic carbocycles. The van der Waals surface area contributed by atoms with Crippen LogP contribution in [0.3, 0.4) is 0 Å². The fourth-order valence-electron chi connectivity index (χ4n) is 1.85. The molecule has 102 valence electrons. The zero-order valence-corrected chi connectivity index (χ0v) is 10.7. The number of pyridine rings is 1. The van der Waals surface area contributed by atoms with Gasteiger partial charge in [-0.15, -0.1) is 0 Å². The molecule has 2 aromatic rings. The highest BCUT2D eigenvalue weighted by Crippen LogP contribution is 2.22. The highest BCUT2D eigenvalue weighted by atomic mass is 16.6. The highest BCUT2D eigenvalue weighted by Gasteiger charge is 2.09. The Balaban J connectivity index is 2.31. The molecule has 0 saturated heterocycles. The number of carbonyl (C=O) groups is 1. The van der Waals surface area contributed by atoms with Gasteiger partial charge in [0.2, 0.25) is 0 Å². The third-order valence-electron chi connectivity index (χ3n) is 2.91. The van der Waals surface area contributed by atoms with E-state index in [0.29, 0.717) is 17.0 Å². The van der Waals surface area contributed by atoms with Gasteiger partial charge in [-0.2, -0.15) is 0 Å². The van der Waals surface area contributed by atoms with Crippen molar-refractivity contribution in [3.63, 3.8) is 0 Å². The van der Waals surface area contributed by atoms with E-state index >= 15 is 0 Å². The molecule has 0 spiro atoms. The van der Waals surface area contributed by atoms with Crippen LogP contribution in [0.4, 0.5) is 5.69 Å². The second-order valence-electron chi connectivity index (χ2n) is 4.32. The van der Waals surface area contributed by atoms with Crippen LogP contribution in [0.15, 0.2) is 36.4 Å². The normalized spacial score (nSPS) is 10.2. The molecule has 0 fully saturated rings. The SMILES string of the molecule is Cc1nc(-c2ccc([N+](=O)[O-])cc2)ccc1CC(=O)O. The first kappa shape index (κ1) is 13.7. The summed E-state index contributed by atoms with van der Waals surface area (Å²) >= 11 is 0. The third kappa shape index (κ3) is 2.97. The topological polar surface area (TPSA) is 93.3 Å². The van der Waals surface area contributed by atoms with E-state index in [0.717, 1.165) is 5.56 Å². The molecule has 0 bridgehead atoms. The van der Waals surface area contributed by atoms with Gasteiger partial charge in [0.1, 0.15) is 0 Å². The Labute approximate surface area is 114 Å². The maximum atomic E-state index is 10.7. The maximum Gasteiger partial charge on any atom is 0.307 e. The Morgan fingerprint density at radius 3 is 2.40 bits per heavy atom. The molecule has 0 saturated carbocycles. The van der Waals surface area contributed by atoms with Gasteiger partial charge in [-0.05, 0) is 30.7 Å². The average Bonchev–Trinajstić information content (AvgIpc) is 2.41. The minimum absolute atomic E-state index is 0.0213. The first-order valence-corrected chi connectivity index (χ1v) is 5.90. The fourth-order valence-corrected chi connectivity index (χ4v) is 1.85. The number of carboxylic acids is 1. The lowest BCUT2D eigenvalue weighted by Gasteiger charge is -2.06. The number of nitrogens with zero attached hydrogens (tertiary/aromatic N) is 2. The number of aromatic nitrogens is 1. The molecule has 0 unspecified atom stereocenters. The van der Waals surface area contributed by atoms with Crippen molar-refractivity contribution in [2.24, 2.45) is 0 Å². The lowest BCUT2D eigenvalue weighted by molar-refractivity contribution is -0.384. The first-order valence-electron chi connectivity index (χ1n) is 5.90. The minimum Gasteiger partial charge on any atom is -0.481 e. The average molecular weight is 272 g/mol. The van der Waals surface area contributed by atoms with E-state index in [1.165, 1.54) is 12.1 Å². The molecule has 0 atom stereocenters. The molecule has 1 aromatic carbocycles. The lowest BCUT2D eigenvalue weighted by Crippen LogP contribution is -2.03. The van der Waals surface area contributed by atoms with Crippen molar-refractivity contribution in [3.05, 3.63) is 57.8 Å².